The fourth-order valence-corrected chi connectivity index (χ4v) is 3.27. The monoisotopic (exact) mass is 393 g/mol. The van der Waals surface area contributed by atoms with E-state index in [0.717, 1.165) is 44.2 Å². The maximum absolute atomic E-state index is 12.1. The van der Waals surface area contributed by atoms with Crippen LogP contribution in [0.2, 0.25) is 0 Å². The van der Waals surface area contributed by atoms with Crippen molar-refractivity contribution in [3.63, 3.8) is 0 Å². The summed E-state index contributed by atoms with van der Waals surface area (Å²) < 4.78 is 4.64. The quantitative estimate of drug-likeness (QED) is 0.384. The van der Waals surface area contributed by atoms with Crippen molar-refractivity contribution in [2.45, 2.75) is 44.9 Å². The molecule has 0 aliphatic carbocycles. The smallest absolute Gasteiger partial charge is 0.305 e. The van der Waals surface area contributed by atoms with E-state index >= 15 is 0 Å². The molecule has 0 saturated carbocycles. The minimum Gasteiger partial charge on any atom is -0.469 e. The maximum atomic E-state index is 12.1. The van der Waals surface area contributed by atoms with Gasteiger partial charge in [0.15, 0.2) is 0 Å². The first-order valence-electron chi connectivity index (χ1n) is 10.1. The predicted octanol–water partition coefficient (Wildman–Crippen LogP) is 4.72. The summed E-state index contributed by atoms with van der Waals surface area (Å²) in [5, 5.41) is 3.75. The molecular weight excluding hydrogens is 366 g/mol. The van der Waals surface area contributed by atoms with Crippen LogP contribution in [-0.2, 0) is 16.0 Å². The van der Waals surface area contributed by atoms with E-state index in [1.165, 1.54) is 12.7 Å². The molecule has 2 aromatic carbocycles. The molecule has 1 heterocycles. The lowest BCUT2D eigenvalue weighted by Crippen LogP contribution is -2.11. The number of aromatic nitrogens is 2. The van der Waals surface area contributed by atoms with Gasteiger partial charge < -0.3 is 10.1 Å². The molecule has 3 rings (SSSR count). The van der Waals surface area contributed by atoms with Gasteiger partial charge in [-0.15, -0.1) is 0 Å². The van der Waals surface area contributed by atoms with Crippen LogP contribution in [0.1, 0.15) is 44.1 Å². The molecule has 0 aliphatic heterocycles. The highest BCUT2D eigenvalue weighted by molar-refractivity contribution is 5.78. The summed E-state index contributed by atoms with van der Waals surface area (Å²) in [6, 6.07) is 15.5. The normalized spacial score (nSPS) is 10.8. The number of fused-ring (bicyclic) bond motifs is 1. The van der Waals surface area contributed by atoms with Crippen LogP contribution >= 0.6 is 0 Å². The summed E-state index contributed by atoms with van der Waals surface area (Å²) in [5.74, 6) is 0.315. The molecule has 0 spiro atoms. The van der Waals surface area contributed by atoms with E-state index < -0.39 is 0 Å². The van der Waals surface area contributed by atoms with E-state index in [1.807, 2.05) is 30.3 Å². The van der Waals surface area contributed by atoms with Crippen molar-refractivity contribution < 1.29 is 9.53 Å². The average Bonchev–Trinajstić information content (AvgIpc) is 2.74. The molecule has 0 amide bonds. The van der Waals surface area contributed by atoms with Gasteiger partial charge in [-0.05, 0) is 49.1 Å². The molecule has 0 saturated heterocycles. The molecule has 152 valence electrons. The molecule has 6 heteroatoms. The summed E-state index contributed by atoms with van der Waals surface area (Å²) >= 11 is 0. The zero-order valence-electron chi connectivity index (χ0n) is 16.7. The van der Waals surface area contributed by atoms with Gasteiger partial charge in [0.1, 0.15) is 0 Å². The zero-order chi connectivity index (χ0) is 20.5. The number of anilines is 2. The Bertz CT molecular complexity index is 996. The Morgan fingerprint density at radius 3 is 2.52 bits per heavy atom. The van der Waals surface area contributed by atoms with Gasteiger partial charge in [0.25, 0.3) is 5.56 Å². The molecule has 0 unspecified atom stereocenters. The molecule has 0 radical (unpaired) electrons. The van der Waals surface area contributed by atoms with Crippen molar-refractivity contribution in [1.29, 1.82) is 0 Å². The molecule has 0 aliphatic rings. The van der Waals surface area contributed by atoms with Crippen molar-refractivity contribution >= 4 is 28.5 Å². The first-order valence-corrected chi connectivity index (χ1v) is 10.1. The minimum absolute atomic E-state index is 0.123. The second-order valence-corrected chi connectivity index (χ2v) is 7.10. The highest BCUT2D eigenvalue weighted by atomic mass is 16.5. The summed E-state index contributed by atoms with van der Waals surface area (Å²) in [6.07, 6.45) is 6.93. The Kier molecular flexibility index (Phi) is 7.39. The fraction of sp³-hybridized carbons (Fsp3) is 0.348. The number of rotatable bonds is 10. The van der Waals surface area contributed by atoms with Crippen LogP contribution in [0.5, 0.6) is 0 Å². The summed E-state index contributed by atoms with van der Waals surface area (Å²) in [6.45, 7) is 0. The molecule has 0 atom stereocenters. The third kappa shape index (κ3) is 6.17. The second kappa shape index (κ2) is 10.4. The van der Waals surface area contributed by atoms with Crippen LogP contribution in [0.3, 0.4) is 0 Å². The van der Waals surface area contributed by atoms with Gasteiger partial charge >= 0.3 is 5.97 Å². The average molecular weight is 393 g/mol. The lowest BCUT2D eigenvalue weighted by atomic mass is 10.0. The molecular formula is C23H27N3O3. The lowest BCUT2D eigenvalue weighted by molar-refractivity contribution is -0.140. The molecule has 1 aromatic heterocycles. The van der Waals surface area contributed by atoms with Crippen LogP contribution in [0.15, 0.2) is 53.3 Å². The molecule has 0 bridgehead atoms. The minimum atomic E-state index is -0.152. The van der Waals surface area contributed by atoms with E-state index in [2.05, 4.69) is 32.2 Å². The molecule has 29 heavy (non-hydrogen) atoms. The van der Waals surface area contributed by atoms with Crippen molar-refractivity contribution in [3.8, 4) is 0 Å². The van der Waals surface area contributed by atoms with E-state index in [4.69, 9.17) is 0 Å². The Morgan fingerprint density at radius 2 is 1.72 bits per heavy atom. The van der Waals surface area contributed by atoms with E-state index in [0.29, 0.717) is 23.3 Å². The number of carbonyl (C=O) groups excluding carboxylic acids is 1. The van der Waals surface area contributed by atoms with Crippen molar-refractivity contribution in [3.05, 3.63) is 64.4 Å². The topological polar surface area (TPSA) is 84.1 Å². The van der Waals surface area contributed by atoms with E-state index in [1.54, 1.807) is 6.07 Å². The Hall–Kier alpha value is -3.15. The first-order chi connectivity index (χ1) is 14.2. The lowest BCUT2D eigenvalue weighted by Gasteiger charge is -2.08. The van der Waals surface area contributed by atoms with Crippen LogP contribution in [-0.4, -0.2) is 23.0 Å². The molecule has 3 aromatic rings. The maximum Gasteiger partial charge on any atom is 0.305 e. The van der Waals surface area contributed by atoms with Gasteiger partial charge in [0.2, 0.25) is 5.95 Å². The number of hydrogen-bond donors (Lipinski definition) is 2. The number of H-pyrrole nitrogens is 1. The highest BCUT2D eigenvalue weighted by Crippen LogP contribution is 2.17. The van der Waals surface area contributed by atoms with Gasteiger partial charge in [-0.25, -0.2) is 4.98 Å². The number of nitrogens with zero attached hydrogens (tertiary/aromatic N) is 1. The summed E-state index contributed by atoms with van der Waals surface area (Å²) in [5.41, 5.74) is 2.68. The standard InChI is InChI=1S/C23H27N3O3/c1-29-21(27)12-6-4-2-3-5-9-17-13-15-18(16-14-17)24-23-25-20-11-8-7-10-19(20)22(28)26-23/h7-8,10-11,13-16H,2-6,9,12H2,1H3,(H2,24,25,26,28). The molecule has 0 fully saturated rings. The Morgan fingerprint density at radius 1 is 1.00 bits per heavy atom. The number of nitrogens with one attached hydrogen (secondary N) is 2. The SMILES string of the molecule is COC(=O)CCCCCCCc1ccc(Nc2nc3ccccc3c(=O)[nH]2)cc1. The number of benzene rings is 2. The highest BCUT2D eigenvalue weighted by Gasteiger charge is 2.04. The number of ether oxygens (including phenoxy) is 1. The number of aryl methyl sites for hydroxylation is 1. The van der Waals surface area contributed by atoms with Crippen LogP contribution < -0.4 is 10.9 Å². The van der Waals surface area contributed by atoms with Gasteiger partial charge in [-0.1, -0.05) is 43.5 Å². The van der Waals surface area contributed by atoms with Gasteiger partial charge in [0.05, 0.1) is 18.0 Å². The van der Waals surface area contributed by atoms with E-state index in [9.17, 15) is 9.59 Å². The number of esters is 1. The first kappa shape index (κ1) is 20.6. The third-order valence-corrected chi connectivity index (χ3v) is 4.90. The van der Waals surface area contributed by atoms with Gasteiger partial charge in [-0.3, -0.25) is 14.6 Å². The zero-order valence-corrected chi connectivity index (χ0v) is 16.7. The third-order valence-electron chi connectivity index (χ3n) is 4.90. The van der Waals surface area contributed by atoms with E-state index in [-0.39, 0.29) is 11.5 Å². The van der Waals surface area contributed by atoms with Crippen LogP contribution in [0.25, 0.3) is 10.9 Å². The van der Waals surface area contributed by atoms with Crippen LogP contribution in [0, 0.1) is 0 Å². The Balaban J connectivity index is 1.45. The number of methoxy groups -OCH3 is 1. The largest absolute Gasteiger partial charge is 0.469 e. The second-order valence-electron chi connectivity index (χ2n) is 7.10. The molecule has 6 nitrogen and oxygen atoms in total. The summed E-state index contributed by atoms with van der Waals surface area (Å²) in [4.78, 5) is 30.4. The summed E-state index contributed by atoms with van der Waals surface area (Å²) in [7, 11) is 1.43. The molecule has 2 N–H and O–H groups in total. The van der Waals surface area contributed by atoms with Gasteiger partial charge in [0, 0.05) is 12.1 Å². The van der Waals surface area contributed by atoms with Crippen molar-refractivity contribution in [2.24, 2.45) is 0 Å². The van der Waals surface area contributed by atoms with Gasteiger partial charge in [-0.2, -0.15) is 0 Å². The number of carbonyl (C=O) groups is 1. The predicted molar refractivity (Wildman–Crippen MR) is 116 cm³/mol. The van der Waals surface area contributed by atoms with Crippen LogP contribution in [0.4, 0.5) is 11.6 Å². The number of aromatic amines is 1. The fourth-order valence-electron chi connectivity index (χ4n) is 3.27. The van der Waals surface area contributed by atoms with Crippen molar-refractivity contribution in [2.75, 3.05) is 12.4 Å². The Labute approximate surface area is 170 Å². The number of unbranched alkanes of at least 4 members (excludes halogenated alkanes) is 4. The number of para-hydroxylation sites is 1. The van der Waals surface area contributed by atoms with Crippen molar-refractivity contribution in [1.82, 2.24) is 9.97 Å². The number of hydrogen-bond acceptors (Lipinski definition) is 5.